The van der Waals surface area contributed by atoms with Crippen molar-refractivity contribution < 1.29 is 10.2 Å². The normalized spacial score (nSPS) is 11.2. The molecule has 1 aromatic heterocycles. The zero-order valence-electron chi connectivity index (χ0n) is 10.4. The van der Waals surface area contributed by atoms with Crippen molar-refractivity contribution >= 4 is 22.4 Å². The van der Waals surface area contributed by atoms with E-state index >= 15 is 0 Å². The Bertz CT molecular complexity index is 800. The number of aromatic nitrogens is 1. The van der Waals surface area contributed by atoms with E-state index in [0.717, 1.165) is 10.9 Å². The van der Waals surface area contributed by atoms with E-state index in [9.17, 15) is 10.2 Å². The van der Waals surface area contributed by atoms with Gasteiger partial charge in [0.05, 0.1) is 5.52 Å². The van der Waals surface area contributed by atoms with E-state index in [4.69, 9.17) is 0 Å². The first kappa shape index (κ1) is 12.1. The summed E-state index contributed by atoms with van der Waals surface area (Å²) in [6.07, 6.45) is 0. The maximum absolute atomic E-state index is 9.61. The third kappa shape index (κ3) is 2.42. The van der Waals surface area contributed by atoms with Gasteiger partial charge in [0.25, 0.3) is 0 Å². The van der Waals surface area contributed by atoms with E-state index in [0.29, 0.717) is 5.82 Å². The fraction of sp³-hybridized carbons (Fsp3) is 0. The molecular weight excluding hydrogens is 254 g/mol. The van der Waals surface area contributed by atoms with Crippen LogP contribution in [0.1, 0.15) is 0 Å². The summed E-state index contributed by atoms with van der Waals surface area (Å²) >= 11 is 0. The third-order valence-corrected chi connectivity index (χ3v) is 2.80. The van der Waals surface area contributed by atoms with Crippen LogP contribution in [0.4, 0.5) is 11.5 Å². The Morgan fingerprint density at radius 1 is 0.850 bits per heavy atom. The molecule has 98 valence electrons. The highest BCUT2D eigenvalue weighted by molar-refractivity contribution is 5.79. The minimum Gasteiger partial charge on any atom is -0.508 e. The number of pyridine rings is 1. The van der Waals surface area contributed by atoms with Gasteiger partial charge in [-0.25, -0.2) is 4.98 Å². The Balaban J connectivity index is 1.93. The van der Waals surface area contributed by atoms with Crippen LogP contribution in [0.25, 0.3) is 10.9 Å². The van der Waals surface area contributed by atoms with Gasteiger partial charge in [-0.15, -0.1) is 10.2 Å². The summed E-state index contributed by atoms with van der Waals surface area (Å²) in [7, 11) is 0. The standard InChI is InChI=1S/C15H11N3O2/c19-11-6-7-13(14(20)9-11)17-18-15-8-5-10-3-1-2-4-12(10)16-15/h1-9,19-20H. The molecule has 2 aromatic carbocycles. The minimum atomic E-state index is -0.130. The van der Waals surface area contributed by atoms with Crippen LogP contribution in [0.3, 0.4) is 0 Å². The highest BCUT2D eigenvalue weighted by Crippen LogP contribution is 2.31. The number of hydrogen-bond acceptors (Lipinski definition) is 5. The maximum atomic E-state index is 9.61. The summed E-state index contributed by atoms with van der Waals surface area (Å²) in [6, 6.07) is 15.5. The zero-order valence-corrected chi connectivity index (χ0v) is 10.4. The number of nitrogens with zero attached hydrogens (tertiary/aromatic N) is 3. The third-order valence-electron chi connectivity index (χ3n) is 2.80. The van der Waals surface area contributed by atoms with Crippen LogP contribution in [0.15, 0.2) is 64.8 Å². The molecule has 1 heterocycles. The number of rotatable bonds is 2. The van der Waals surface area contributed by atoms with Crippen LogP contribution in [-0.4, -0.2) is 15.2 Å². The van der Waals surface area contributed by atoms with Gasteiger partial charge in [-0.3, -0.25) is 0 Å². The molecule has 20 heavy (non-hydrogen) atoms. The van der Waals surface area contributed by atoms with Gasteiger partial charge in [-0.1, -0.05) is 18.2 Å². The maximum Gasteiger partial charge on any atom is 0.174 e. The molecule has 3 aromatic rings. The molecule has 0 aliphatic heterocycles. The largest absolute Gasteiger partial charge is 0.508 e. The van der Waals surface area contributed by atoms with Crippen molar-refractivity contribution in [1.82, 2.24) is 4.98 Å². The number of aromatic hydroxyl groups is 2. The molecule has 0 amide bonds. The first-order valence-corrected chi connectivity index (χ1v) is 6.02. The monoisotopic (exact) mass is 265 g/mol. The lowest BCUT2D eigenvalue weighted by Gasteiger charge is -1.99. The quantitative estimate of drug-likeness (QED) is 0.686. The van der Waals surface area contributed by atoms with Crippen LogP contribution in [-0.2, 0) is 0 Å². The molecule has 0 atom stereocenters. The molecule has 0 saturated heterocycles. The second kappa shape index (κ2) is 4.97. The lowest BCUT2D eigenvalue weighted by atomic mass is 10.2. The Morgan fingerprint density at radius 2 is 1.70 bits per heavy atom. The predicted molar refractivity (Wildman–Crippen MR) is 75.7 cm³/mol. The van der Waals surface area contributed by atoms with Crippen molar-refractivity contribution in [2.45, 2.75) is 0 Å². The lowest BCUT2D eigenvalue weighted by Crippen LogP contribution is -1.77. The van der Waals surface area contributed by atoms with Crippen LogP contribution in [0.5, 0.6) is 11.5 Å². The van der Waals surface area contributed by atoms with E-state index in [1.807, 2.05) is 30.3 Å². The summed E-state index contributed by atoms with van der Waals surface area (Å²) < 4.78 is 0. The topological polar surface area (TPSA) is 78.1 Å². The molecule has 0 unspecified atom stereocenters. The van der Waals surface area contributed by atoms with Crippen molar-refractivity contribution in [2.75, 3.05) is 0 Å². The van der Waals surface area contributed by atoms with E-state index in [2.05, 4.69) is 15.2 Å². The van der Waals surface area contributed by atoms with Gasteiger partial charge in [-0.05, 0) is 30.3 Å². The Morgan fingerprint density at radius 3 is 2.55 bits per heavy atom. The highest BCUT2D eigenvalue weighted by atomic mass is 16.3. The predicted octanol–water partition coefficient (Wildman–Crippen LogP) is 4.06. The Kier molecular flexibility index (Phi) is 3.01. The van der Waals surface area contributed by atoms with Crippen LogP contribution in [0, 0.1) is 0 Å². The van der Waals surface area contributed by atoms with Crippen molar-refractivity contribution in [1.29, 1.82) is 0 Å². The van der Waals surface area contributed by atoms with Gasteiger partial charge in [0.15, 0.2) is 5.82 Å². The molecule has 0 aliphatic carbocycles. The second-order valence-electron chi connectivity index (χ2n) is 4.24. The molecule has 0 bridgehead atoms. The van der Waals surface area contributed by atoms with Gasteiger partial charge in [0, 0.05) is 11.5 Å². The fourth-order valence-corrected chi connectivity index (χ4v) is 1.81. The van der Waals surface area contributed by atoms with Crippen LogP contribution >= 0.6 is 0 Å². The number of hydrogen-bond donors (Lipinski definition) is 2. The number of phenolic OH excluding ortho intramolecular Hbond substituents is 2. The SMILES string of the molecule is Oc1ccc(N=Nc2ccc3ccccc3n2)c(O)c1. The van der Waals surface area contributed by atoms with Crippen molar-refractivity contribution in [3.63, 3.8) is 0 Å². The smallest absolute Gasteiger partial charge is 0.174 e. The van der Waals surface area contributed by atoms with E-state index in [1.54, 1.807) is 6.07 Å². The zero-order chi connectivity index (χ0) is 13.9. The molecule has 0 saturated carbocycles. The first-order valence-electron chi connectivity index (χ1n) is 6.02. The summed E-state index contributed by atoms with van der Waals surface area (Å²) in [5.41, 5.74) is 1.11. The molecule has 5 heteroatoms. The molecular formula is C15H11N3O2. The van der Waals surface area contributed by atoms with Gasteiger partial charge in [-0.2, -0.15) is 0 Å². The van der Waals surface area contributed by atoms with Crippen molar-refractivity contribution in [2.24, 2.45) is 10.2 Å². The Hall–Kier alpha value is -2.95. The van der Waals surface area contributed by atoms with Crippen LogP contribution in [0.2, 0.25) is 0 Å². The van der Waals surface area contributed by atoms with Gasteiger partial charge < -0.3 is 10.2 Å². The number of fused-ring (bicyclic) bond motifs is 1. The number of azo groups is 1. The van der Waals surface area contributed by atoms with E-state index < -0.39 is 0 Å². The number of para-hydroxylation sites is 1. The average Bonchev–Trinajstić information content (AvgIpc) is 2.46. The van der Waals surface area contributed by atoms with Crippen molar-refractivity contribution in [3.05, 3.63) is 54.6 Å². The molecule has 3 rings (SSSR count). The Labute approximate surface area is 114 Å². The average molecular weight is 265 g/mol. The first-order chi connectivity index (χ1) is 9.72. The number of phenols is 2. The summed E-state index contributed by atoms with van der Waals surface area (Å²) in [5.74, 6) is 0.302. The van der Waals surface area contributed by atoms with Gasteiger partial charge in [0.1, 0.15) is 17.2 Å². The van der Waals surface area contributed by atoms with E-state index in [1.165, 1.54) is 18.2 Å². The molecule has 2 N–H and O–H groups in total. The van der Waals surface area contributed by atoms with Crippen molar-refractivity contribution in [3.8, 4) is 11.5 Å². The molecule has 0 fully saturated rings. The molecule has 5 nitrogen and oxygen atoms in total. The number of benzene rings is 2. The lowest BCUT2D eigenvalue weighted by molar-refractivity contribution is 0.451. The van der Waals surface area contributed by atoms with E-state index in [-0.39, 0.29) is 17.2 Å². The molecule has 0 radical (unpaired) electrons. The second-order valence-corrected chi connectivity index (χ2v) is 4.24. The van der Waals surface area contributed by atoms with Crippen LogP contribution < -0.4 is 0 Å². The highest BCUT2D eigenvalue weighted by Gasteiger charge is 2.01. The molecule has 0 aliphatic rings. The summed E-state index contributed by atoms with van der Waals surface area (Å²) in [6.45, 7) is 0. The fourth-order valence-electron chi connectivity index (χ4n) is 1.81. The molecule has 0 spiro atoms. The van der Waals surface area contributed by atoms with Gasteiger partial charge >= 0.3 is 0 Å². The summed E-state index contributed by atoms with van der Waals surface area (Å²) in [5, 5.41) is 27.7. The van der Waals surface area contributed by atoms with Gasteiger partial charge in [0.2, 0.25) is 0 Å². The minimum absolute atomic E-state index is 0.0229. The summed E-state index contributed by atoms with van der Waals surface area (Å²) in [4.78, 5) is 4.35.